The SMILES string of the molecule is Cl.O=C(O)CC1CCc2ccc(NC(=O)c3ccc(C=NN4CCCCC4)cc3)cc2C1. The molecule has 2 aromatic carbocycles. The molecule has 2 aliphatic rings. The number of piperidine rings is 1. The number of carbonyl (C=O) groups excluding carboxylic acids is 1. The van der Waals surface area contributed by atoms with Gasteiger partial charge in [0.05, 0.1) is 6.21 Å². The summed E-state index contributed by atoms with van der Waals surface area (Å²) in [5.41, 5.74) is 4.70. The largest absolute Gasteiger partial charge is 0.481 e. The summed E-state index contributed by atoms with van der Waals surface area (Å²) in [5, 5.41) is 18.7. The number of fused-ring (bicyclic) bond motifs is 1. The van der Waals surface area contributed by atoms with Crippen LogP contribution >= 0.6 is 12.4 Å². The molecule has 0 saturated carbocycles. The Balaban J connectivity index is 0.00000289. The van der Waals surface area contributed by atoms with Gasteiger partial charge in [-0.3, -0.25) is 14.6 Å². The summed E-state index contributed by atoms with van der Waals surface area (Å²) < 4.78 is 0. The second-order valence-electron chi connectivity index (χ2n) is 8.53. The average molecular weight is 456 g/mol. The second kappa shape index (κ2) is 11.1. The van der Waals surface area contributed by atoms with E-state index in [1.807, 2.05) is 48.7 Å². The van der Waals surface area contributed by atoms with Gasteiger partial charge in [-0.05, 0) is 85.4 Å². The van der Waals surface area contributed by atoms with E-state index in [1.165, 1.54) is 24.8 Å². The van der Waals surface area contributed by atoms with Crippen molar-refractivity contribution in [3.05, 3.63) is 64.7 Å². The fourth-order valence-corrected chi connectivity index (χ4v) is 4.40. The van der Waals surface area contributed by atoms with Crippen LogP contribution in [0.2, 0.25) is 0 Å². The predicted molar refractivity (Wildman–Crippen MR) is 129 cm³/mol. The van der Waals surface area contributed by atoms with Crippen molar-refractivity contribution in [3.8, 4) is 0 Å². The maximum atomic E-state index is 12.7. The number of benzene rings is 2. The van der Waals surface area contributed by atoms with Crippen LogP contribution in [0.5, 0.6) is 0 Å². The molecule has 1 aliphatic heterocycles. The Morgan fingerprint density at radius 1 is 1.06 bits per heavy atom. The van der Waals surface area contributed by atoms with Gasteiger partial charge in [-0.15, -0.1) is 12.4 Å². The molecule has 0 aromatic heterocycles. The maximum absolute atomic E-state index is 12.7. The Hall–Kier alpha value is -2.86. The summed E-state index contributed by atoms with van der Waals surface area (Å²) in [7, 11) is 0. The van der Waals surface area contributed by atoms with E-state index in [-0.39, 0.29) is 30.7 Å². The van der Waals surface area contributed by atoms with Crippen molar-refractivity contribution in [1.29, 1.82) is 0 Å². The van der Waals surface area contributed by atoms with E-state index in [0.717, 1.165) is 49.2 Å². The van der Waals surface area contributed by atoms with E-state index in [1.54, 1.807) is 0 Å². The monoisotopic (exact) mass is 455 g/mol. The Kier molecular flexibility index (Phi) is 8.28. The third-order valence-electron chi connectivity index (χ3n) is 6.13. The predicted octanol–water partition coefficient (Wildman–Crippen LogP) is 4.76. The van der Waals surface area contributed by atoms with Crippen molar-refractivity contribution in [2.75, 3.05) is 18.4 Å². The van der Waals surface area contributed by atoms with Crippen molar-refractivity contribution < 1.29 is 14.7 Å². The number of amides is 1. The molecule has 32 heavy (non-hydrogen) atoms. The molecule has 2 N–H and O–H groups in total. The van der Waals surface area contributed by atoms with Crippen molar-refractivity contribution >= 4 is 36.2 Å². The molecular formula is C25H30ClN3O3. The lowest BCUT2D eigenvalue weighted by Gasteiger charge is -2.24. The molecule has 4 rings (SSSR count). The third-order valence-corrected chi connectivity index (χ3v) is 6.13. The summed E-state index contributed by atoms with van der Waals surface area (Å²) in [6.45, 7) is 2.02. The van der Waals surface area contributed by atoms with E-state index < -0.39 is 5.97 Å². The number of aliphatic carboxylic acids is 1. The second-order valence-corrected chi connectivity index (χ2v) is 8.53. The number of nitrogens with zero attached hydrogens (tertiary/aromatic N) is 2. The summed E-state index contributed by atoms with van der Waals surface area (Å²) in [6, 6.07) is 13.4. The average Bonchev–Trinajstić information content (AvgIpc) is 2.78. The number of hydrogen-bond donors (Lipinski definition) is 2. The van der Waals surface area contributed by atoms with Gasteiger partial charge >= 0.3 is 5.97 Å². The van der Waals surface area contributed by atoms with Crippen molar-refractivity contribution in [1.82, 2.24) is 5.01 Å². The lowest BCUT2D eigenvalue weighted by Crippen LogP contribution is -2.24. The summed E-state index contributed by atoms with van der Waals surface area (Å²) in [5.74, 6) is -0.741. The van der Waals surface area contributed by atoms with Gasteiger partial charge in [0.15, 0.2) is 0 Å². The summed E-state index contributed by atoms with van der Waals surface area (Å²) >= 11 is 0. The number of aryl methyl sites for hydroxylation is 1. The van der Waals surface area contributed by atoms with Crippen LogP contribution in [0, 0.1) is 5.92 Å². The van der Waals surface area contributed by atoms with Crippen LogP contribution in [0.15, 0.2) is 47.6 Å². The zero-order valence-electron chi connectivity index (χ0n) is 18.1. The van der Waals surface area contributed by atoms with Crippen LogP contribution in [-0.4, -0.2) is 41.3 Å². The molecule has 1 unspecified atom stereocenters. The van der Waals surface area contributed by atoms with Crippen molar-refractivity contribution in [2.24, 2.45) is 11.0 Å². The van der Waals surface area contributed by atoms with Gasteiger partial charge in [0.25, 0.3) is 5.91 Å². The smallest absolute Gasteiger partial charge is 0.303 e. The van der Waals surface area contributed by atoms with E-state index in [9.17, 15) is 9.59 Å². The Morgan fingerprint density at radius 3 is 2.53 bits per heavy atom. The van der Waals surface area contributed by atoms with Crippen molar-refractivity contribution in [3.63, 3.8) is 0 Å². The third kappa shape index (κ3) is 6.33. The normalized spacial score (nSPS) is 18.0. The molecule has 1 heterocycles. The molecule has 1 fully saturated rings. The van der Waals surface area contributed by atoms with Crippen LogP contribution in [0.4, 0.5) is 5.69 Å². The fraction of sp³-hybridized carbons (Fsp3) is 0.400. The van der Waals surface area contributed by atoms with Gasteiger partial charge in [0.1, 0.15) is 0 Å². The molecule has 1 atom stereocenters. The maximum Gasteiger partial charge on any atom is 0.303 e. The van der Waals surface area contributed by atoms with Crippen LogP contribution in [-0.2, 0) is 17.6 Å². The highest BCUT2D eigenvalue weighted by atomic mass is 35.5. The van der Waals surface area contributed by atoms with E-state index in [4.69, 9.17) is 5.11 Å². The number of nitrogens with one attached hydrogen (secondary N) is 1. The lowest BCUT2D eigenvalue weighted by molar-refractivity contribution is -0.138. The zero-order chi connectivity index (χ0) is 21.6. The highest BCUT2D eigenvalue weighted by Gasteiger charge is 2.21. The van der Waals surface area contributed by atoms with Crippen LogP contribution in [0.25, 0.3) is 0 Å². The number of rotatable bonds is 6. The quantitative estimate of drug-likeness (QED) is 0.615. The van der Waals surface area contributed by atoms with Gasteiger partial charge < -0.3 is 10.4 Å². The van der Waals surface area contributed by atoms with Gasteiger partial charge in [-0.2, -0.15) is 5.10 Å². The van der Waals surface area contributed by atoms with Gasteiger partial charge in [0, 0.05) is 30.8 Å². The Morgan fingerprint density at radius 2 is 1.81 bits per heavy atom. The molecule has 6 nitrogen and oxygen atoms in total. The van der Waals surface area contributed by atoms with Gasteiger partial charge in [-0.1, -0.05) is 18.2 Å². The highest BCUT2D eigenvalue weighted by Crippen LogP contribution is 2.29. The highest BCUT2D eigenvalue weighted by molar-refractivity contribution is 6.04. The van der Waals surface area contributed by atoms with E-state index >= 15 is 0 Å². The molecule has 1 saturated heterocycles. The molecule has 0 spiro atoms. The zero-order valence-corrected chi connectivity index (χ0v) is 18.9. The minimum absolute atomic E-state index is 0. The molecule has 0 bridgehead atoms. The van der Waals surface area contributed by atoms with Crippen LogP contribution < -0.4 is 5.32 Å². The van der Waals surface area contributed by atoms with Gasteiger partial charge in [-0.25, -0.2) is 0 Å². The first-order chi connectivity index (χ1) is 15.1. The molecule has 0 radical (unpaired) electrons. The number of anilines is 1. The number of carbonyl (C=O) groups is 2. The number of carboxylic acid groups (broad SMARTS) is 1. The molecular weight excluding hydrogens is 426 g/mol. The van der Waals surface area contributed by atoms with E-state index in [0.29, 0.717) is 5.56 Å². The van der Waals surface area contributed by atoms with Gasteiger partial charge in [0.2, 0.25) is 0 Å². The number of halogens is 1. The first kappa shape index (κ1) is 23.8. The number of carboxylic acids is 1. The Labute approximate surface area is 195 Å². The minimum Gasteiger partial charge on any atom is -0.481 e. The van der Waals surface area contributed by atoms with Crippen LogP contribution in [0.1, 0.15) is 59.2 Å². The molecule has 1 amide bonds. The summed E-state index contributed by atoms with van der Waals surface area (Å²) in [4.78, 5) is 23.7. The van der Waals surface area contributed by atoms with Crippen molar-refractivity contribution in [2.45, 2.75) is 44.9 Å². The van der Waals surface area contributed by atoms with Crippen LogP contribution in [0.3, 0.4) is 0 Å². The minimum atomic E-state index is -0.748. The lowest BCUT2D eigenvalue weighted by atomic mass is 9.82. The topological polar surface area (TPSA) is 82.0 Å². The number of hydrazone groups is 1. The first-order valence-corrected chi connectivity index (χ1v) is 11.1. The van der Waals surface area contributed by atoms with E-state index in [2.05, 4.69) is 15.4 Å². The fourth-order valence-electron chi connectivity index (χ4n) is 4.40. The summed E-state index contributed by atoms with van der Waals surface area (Å²) in [6.07, 6.45) is 8.26. The molecule has 2 aromatic rings. The number of hydrogen-bond acceptors (Lipinski definition) is 4. The molecule has 7 heteroatoms. The first-order valence-electron chi connectivity index (χ1n) is 11.1. The Bertz CT molecular complexity index is 969. The molecule has 170 valence electrons. The molecule has 1 aliphatic carbocycles. The standard InChI is InChI=1S/C25H29N3O3.ClH/c29-24(30)15-19-6-7-20-10-11-23(16-22(20)14-19)27-25(31)21-8-4-18(5-9-21)17-26-28-12-2-1-3-13-28;/h4-5,8-11,16-17,19H,1-3,6-7,12-15H2,(H,27,31)(H,29,30);1H.